The number of carbonyl (C=O) groups is 2. The fourth-order valence-electron chi connectivity index (χ4n) is 1.21. The molecule has 1 aromatic rings. The van der Waals surface area contributed by atoms with E-state index in [-0.39, 0.29) is 12.5 Å². The minimum absolute atomic E-state index is 0.131. The van der Waals surface area contributed by atoms with E-state index in [0.717, 1.165) is 0 Å². The molecule has 0 bridgehead atoms. The first-order valence-electron chi connectivity index (χ1n) is 5.23. The molecule has 90 valence electrons. The zero-order valence-electron chi connectivity index (χ0n) is 9.91. The summed E-state index contributed by atoms with van der Waals surface area (Å²) in [6.45, 7) is 1.42. The van der Waals surface area contributed by atoms with Crippen LogP contribution < -0.4 is 10.6 Å². The largest absolute Gasteiger partial charge is 0.336 e. The molecule has 0 atom stereocenters. The van der Waals surface area contributed by atoms with Crippen molar-refractivity contribution in [1.82, 2.24) is 5.32 Å². The van der Waals surface area contributed by atoms with Gasteiger partial charge in [-0.3, -0.25) is 9.59 Å². The second kappa shape index (κ2) is 6.78. The maximum Gasteiger partial charge on any atom is 0.296 e. The molecule has 0 aromatic heterocycles. The van der Waals surface area contributed by atoms with E-state index in [1.54, 1.807) is 31.2 Å². The van der Waals surface area contributed by atoms with E-state index in [2.05, 4.69) is 28.4 Å². The molecule has 4 nitrogen and oxygen atoms in total. The third-order valence-electron chi connectivity index (χ3n) is 1.96. The number of hydrogen-bond donors (Lipinski definition) is 2. The maximum atomic E-state index is 11.5. The smallest absolute Gasteiger partial charge is 0.296 e. The van der Waals surface area contributed by atoms with Gasteiger partial charge in [0.15, 0.2) is 0 Å². The third kappa shape index (κ3) is 4.42. The van der Waals surface area contributed by atoms with Crippen LogP contribution in [0.15, 0.2) is 24.3 Å². The van der Waals surface area contributed by atoms with Gasteiger partial charge in [0.25, 0.3) is 5.91 Å². The number of nitrogens with one attached hydrogen (secondary N) is 2. The predicted molar refractivity (Wildman–Crippen MR) is 69.5 cm³/mol. The molecule has 4 heteroatoms. The first kappa shape index (κ1) is 13.3. The molecule has 0 saturated heterocycles. The standard InChI is InChI=1S/C14H12N2O2/c1-3-6-13(17)15-10-14(18)16-12-8-5-7-11(4-2)9-12/h2,5,7-9H,10H2,1H3,(H,15,17)(H,16,18). The van der Waals surface area contributed by atoms with Gasteiger partial charge in [-0.05, 0) is 31.0 Å². The van der Waals surface area contributed by atoms with E-state index in [1.165, 1.54) is 0 Å². The first-order valence-corrected chi connectivity index (χ1v) is 5.23. The maximum absolute atomic E-state index is 11.5. The second-order valence-electron chi connectivity index (χ2n) is 3.33. The van der Waals surface area contributed by atoms with Crippen molar-refractivity contribution in [2.45, 2.75) is 6.92 Å². The van der Waals surface area contributed by atoms with Crippen LogP contribution in [0.5, 0.6) is 0 Å². The number of carbonyl (C=O) groups excluding carboxylic acids is 2. The fourth-order valence-corrected chi connectivity index (χ4v) is 1.21. The van der Waals surface area contributed by atoms with Crippen molar-refractivity contribution >= 4 is 17.5 Å². The minimum Gasteiger partial charge on any atom is -0.336 e. The van der Waals surface area contributed by atoms with Gasteiger partial charge in [-0.15, -0.1) is 6.42 Å². The molecule has 0 fully saturated rings. The Hall–Kier alpha value is -2.72. The number of benzene rings is 1. The van der Waals surface area contributed by atoms with Gasteiger partial charge in [-0.25, -0.2) is 0 Å². The van der Waals surface area contributed by atoms with Crippen LogP contribution in [-0.4, -0.2) is 18.4 Å². The topological polar surface area (TPSA) is 58.2 Å². The van der Waals surface area contributed by atoms with Crippen molar-refractivity contribution in [3.8, 4) is 24.2 Å². The highest BCUT2D eigenvalue weighted by Crippen LogP contribution is 2.09. The van der Waals surface area contributed by atoms with Crippen LogP contribution in [0, 0.1) is 24.2 Å². The Kier molecular flexibility index (Phi) is 5.02. The molecule has 1 rings (SSSR count). The monoisotopic (exact) mass is 240 g/mol. The van der Waals surface area contributed by atoms with Crippen molar-refractivity contribution in [3.63, 3.8) is 0 Å². The van der Waals surface area contributed by atoms with Gasteiger partial charge in [-0.2, -0.15) is 0 Å². The number of rotatable bonds is 3. The van der Waals surface area contributed by atoms with Gasteiger partial charge in [0.2, 0.25) is 5.91 Å². The molecule has 0 aliphatic carbocycles. The number of anilines is 1. The summed E-state index contributed by atoms with van der Waals surface area (Å²) in [4.78, 5) is 22.5. The van der Waals surface area contributed by atoms with Crippen LogP contribution in [0.4, 0.5) is 5.69 Å². The summed E-state index contributed by atoms with van der Waals surface area (Å²) in [7, 11) is 0. The van der Waals surface area contributed by atoms with E-state index in [1.807, 2.05) is 0 Å². The van der Waals surface area contributed by atoms with Crippen LogP contribution >= 0.6 is 0 Å². The van der Waals surface area contributed by atoms with Gasteiger partial charge in [0, 0.05) is 11.3 Å². The number of hydrogen-bond acceptors (Lipinski definition) is 2. The van der Waals surface area contributed by atoms with Crippen LogP contribution in [0.3, 0.4) is 0 Å². The predicted octanol–water partition coefficient (Wildman–Crippen LogP) is 0.746. The van der Waals surface area contributed by atoms with Crippen LogP contribution in [0.25, 0.3) is 0 Å². The van der Waals surface area contributed by atoms with Crippen molar-refractivity contribution < 1.29 is 9.59 Å². The van der Waals surface area contributed by atoms with E-state index in [9.17, 15) is 9.59 Å². The Morgan fingerprint density at radius 1 is 1.39 bits per heavy atom. The summed E-state index contributed by atoms with van der Waals surface area (Å²) in [5.41, 5.74) is 1.26. The zero-order chi connectivity index (χ0) is 13.4. The van der Waals surface area contributed by atoms with E-state index < -0.39 is 5.91 Å². The first-order chi connectivity index (χ1) is 8.65. The Bertz CT molecular complexity index is 559. The number of amides is 2. The quantitative estimate of drug-likeness (QED) is 0.766. The number of terminal acetylenes is 1. The lowest BCUT2D eigenvalue weighted by Gasteiger charge is -2.05. The molecular formula is C14H12N2O2. The summed E-state index contributed by atoms with van der Waals surface area (Å²) in [5.74, 6) is 6.37. The molecule has 0 aliphatic heterocycles. The average Bonchev–Trinajstić information content (AvgIpc) is 2.37. The highest BCUT2D eigenvalue weighted by atomic mass is 16.2. The average molecular weight is 240 g/mol. The van der Waals surface area contributed by atoms with E-state index >= 15 is 0 Å². The van der Waals surface area contributed by atoms with Crippen molar-refractivity contribution in [2.75, 3.05) is 11.9 Å². The van der Waals surface area contributed by atoms with E-state index in [4.69, 9.17) is 6.42 Å². The molecule has 0 unspecified atom stereocenters. The van der Waals surface area contributed by atoms with E-state index in [0.29, 0.717) is 11.3 Å². The fraction of sp³-hybridized carbons (Fsp3) is 0.143. The molecule has 2 amide bonds. The summed E-state index contributed by atoms with van der Waals surface area (Å²) in [6.07, 6.45) is 5.25. The lowest BCUT2D eigenvalue weighted by atomic mass is 10.2. The molecular weight excluding hydrogens is 228 g/mol. The molecule has 18 heavy (non-hydrogen) atoms. The SMILES string of the molecule is C#Cc1cccc(NC(=O)CNC(=O)C#CC)c1. The molecule has 0 saturated carbocycles. The molecule has 0 spiro atoms. The summed E-state index contributed by atoms with van der Waals surface area (Å²) < 4.78 is 0. The summed E-state index contributed by atoms with van der Waals surface area (Å²) in [5, 5.41) is 4.98. The van der Waals surface area contributed by atoms with Gasteiger partial charge in [0.1, 0.15) is 0 Å². The zero-order valence-corrected chi connectivity index (χ0v) is 9.91. The van der Waals surface area contributed by atoms with Crippen molar-refractivity contribution in [3.05, 3.63) is 29.8 Å². The molecule has 1 aromatic carbocycles. The Morgan fingerprint density at radius 2 is 2.17 bits per heavy atom. The molecule has 0 aliphatic rings. The van der Waals surface area contributed by atoms with Crippen LogP contribution in [0.2, 0.25) is 0 Å². The molecule has 0 heterocycles. The lowest BCUT2D eigenvalue weighted by Crippen LogP contribution is -2.31. The Morgan fingerprint density at radius 3 is 2.83 bits per heavy atom. The lowest BCUT2D eigenvalue weighted by molar-refractivity contribution is -0.120. The minimum atomic E-state index is -0.481. The third-order valence-corrected chi connectivity index (χ3v) is 1.96. The highest BCUT2D eigenvalue weighted by molar-refractivity contribution is 5.98. The summed E-state index contributed by atoms with van der Waals surface area (Å²) >= 11 is 0. The highest BCUT2D eigenvalue weighted by Gasteiger charge is 2.04. The van der Waals surface area contributed by atoms with Gasteiger partial charge >= 0.3 is 0 Å². The Labute approximate surface area is 106 Å². The van der Waals surface area contributed by atoms with Gasteiger partial charge in [0.05, 0.1) is 6.54 Å². The molecule has 0 radical (unpaired) electrons. The Balaban J connectivity index is 2.51. The van der Waals surface area contributed by atoms with Gasteiger partial charge in [-0.1, -0.05) is 17.9 Å². The second-order valence-corrected chi connectivity index (χ2v) is 3.33. The normalized spacial score (nSPS) is 8.44. The summed E-state index contributed by atoms with van der Waals surface area (Å²) in [6, 6.07) is 6.89. The van der Waals surface area contributed by atoms with Crippen LogP contribution in [-0.2, 0) is 9.59 Å². The molecule has 2 N–H and O–H groups in total. The van der Waals surface area contributed by atoms with Crippen molar-refractivity contribution in [2.24, 2.45) is 0 Å². The van der Waals surface area contributed by atoms with Crippen molar-refractivity contribution in [1.29, 1.82) is 0 Å². The van der Waals surface area contributed by atoms with Gasteiger partial charge < -0.3 is 10.6 Å². The van der Waals surface area contributed by atoms with Crippen LogP contribution in [0.1, 0.15) is 12.5 Å².